The molecule has 6 nitrogen and oxygen atoms in total. The van der Waals surface area contributed by atoms with Crippen LogP contribution < -0.4 is 11.1 Å². The molecule has 27 heavy (non-hydrogen) atoms. The third-order valence-electron chi connectivity index (χ3n) is 4.08. The van der Waals surface area contributed by atoms with Crippen LogP contribution in [0.5, 0.6) is 0 Å². The number of amides is 1. The lowest BCUT2D eigenvalue weighted by Crippen LogP contribution is -2.36. The first-order chi connectivity index (χ1) is 13.0. The molecular formula is C20H21FN4O2. The topological polar surface area (TPSA) is 94.0 Å². The number of hydrogen-bond acceptors (Lipinski definition) is 5. The zero-order valence-electron chi connectivity index (χ0n) is 15.1. The fourth-order valence-corrected chi connectivity index (χ4v) is 2.79. The summed E-state index contributed by atoms with van der Waals surface area (Å²) in [5.74, 6) is -0.207. The second-order valence-corrected chi connectivity index (χ2v) is 6.70. The van der Waals surface area contributed by atoms with Crippen LogP contribution in [0.3, 0.4) is 0 Å². The molecule has 140 valence electrons. The monoisotopic (exact) mass is 368 g/mol. The third-order valence-corrected chi connectivity index (χ3v) is 4.08. The molecule has 3 aromatic rings. The maximum Gasteiger partial charge on any atom is 0.243 e. The number of carbonyl (C=O) groups excluding carboxylic acids is 1. The minimum Gasteiger partial charge on any atom is -0.337 e. The molecule has 0 aliphatic carbocycles. The van der Waals surface area contributed by atoms with Crippen molar-refractivity contribution < 1.29 is 13.7 Å². The molecule has 3 N–H and O–H groups in total. The lowest BCUT2D eigenvalue weighted by molar-refractivity contribution is -0.117. The van der Waals surface area contributed by atoms with Gasteiger partial charge in [0.1, 0.15) is 11.5 Å². The standard InChI is InChI=1S/C20H21FN4O2/c1-12(2)11-16(22)19(26)24-20-17(13-7-9-23-10-8-13)18(25-27-20)14-3-5-15(21)6-4-14/h3-10,12,16H,11,22H2,1-2H3,(H,24,26)/t16-/m0/s1. The van der Waals surface area contributed by atoms with Gasteiger partial charge in [0.15, 0.2) is 0 Å². The minimum absolute atomic E-state index is 0.199. The van der Waals surface area contributed by atoms with Crippen molar-refractivity contribution >= 4 is 11.8 Å². The Kier molecular flexibility index (Phi) is 5.61. The number of anilines is 1. The Morgan fingerprint density at radius 1 is 1.15 bits per heavy atom. The van der Waals surface area contributed by atoms with E-state index in [1.54, 1.807) is 36.7 Å². The predicted octanol–water partition coefficient (Wildman–Crippen LogP) is 3.85. The number of pyridine rings is 1. The van der Waals surface area contributed by atoms with Crippen molar-refractivity contribution in [3.8, 4) is 22.4 Å². The summed E-state index contributed by atoms with van der Waals surface area (Å²) in [5, 5.41) is 6.82. The molecule has 1 aromatic carbocycles. The van der Waals surface area contributed by atoms with Gasteiger partial charge in [-0.25, -0.2) is 4.39 Å². The molecule has 0 aliphatic rings. The van der Waals surface area contributed by atoms with E-state index in [0.29, 0.717) is 23.2 Å². The normalized spacial score (nSPS) is 12.2. The maximum absolute atomic E-state index is 13.3. The highest BCUT2D eigenvalue weighted by Gasteiger charge is 2.23. The van der Waals surface area contributed by atoms with Crippen molar-refractivity contribution in [2.24, 2.45) is 11.7 Å². The van der Waals surface area contributed by atoms with E-state index in [2.05, 4.69) is 15.5 Å². The van der Waals surface area contributed by atoms with Crippen LogP contribution in [0.2, 0.25) is 0 Å². The van der Waals surface area contributed by atoms with Crippen LogP contribution in [0.25, 0.3) is 22.4 Å². The van der Waals surface area contributed by atoms with Crippen LogP contribution in [-0.2, 0) is 4.79 Å². The Labute approximate surface area is 156 Å². The average Bonchev–Trinajstić information content (AvgIpc) is 3.06. The van der Waals surface area contributed by atoms with Gasteiger partial charge in [-0.15, -0.1) is 0 Å². The first-order valence-electron chi connectivity index (χ1n) is 8.68. The molecule has 3 rings (SSSR count). The van der Waals surface area contributed by atoms with Crippen LogP contribution in [0, 0.1) is 11.7 Å². The number of halogens is 1. The summed E-state index contributed by atoms with van der Waals surface area (Å²) in [5.41, 5.74) is 8.48. The molecule has 2 heterocycles. The molecule has 0 bridgehead atoms. The van der Waals surface area contributed by atoms with E-state index in [1.165, 1.54) is 12.1 Å². The third kappa shape index (κ3) is 4.38. The number of benzene rings is 1. The van der Waals surface area contributed by atoms with Crippen LogP contribution >= 0.6 is 0 Å². The fraction of sp³-hybridized carbons (Fsp3) is 0.250. The summed E-state index contributed by atoms with van der Waals surface area (Å²) in [6.45, 7) is 3.99. The number of nitrogens with one attached hydrogen (secondary N) is 1. The maximum atomic E-state index is 13.3. The second-order valence-electron chi connectivity index (χ2n) is 6.70. The summed E-state index contributed by atoms with van der Waals surface area (Å²) < 4.78 is 18.7. The highest BCUT2D eigenvalue weighted by atomic mass is 19.1. The van der Waals surface area contributed by atoms with E-state index in [9.17, 15) is 9.18 Å². The SMILES string of the molecule is CC(C)C[C@H](N)C(=O)Nc1onc(-c2ccc(F)cc2)c1-c1ccncc1. The van der Waals surface area contributed by atoms with E-state index in [4.69, 9.17) is 10.3 Å². The Balaban J connectivity index is 1.99. The Bertz CT molecular complexity index is 907. The highest BCUT2D eigenvalue weighted by molar-refractivity contribution is 5.99. The first kappa shape index (κ1) is 18.7. The molecule has 0 fully saturated rings. The Morgan fingerprint density at radius 3 is 2.44 bits per heavy atom. The minimum atomic E-state index is -0.658. The highest BCUT2D eigenvalue weighted by Crippen LogP contribution is 2.37. The van der Waals surface area contributed by atoms with Crippen LogP contribution in [0.1, 0.15) is 20.3 Å². The first-order valence-corrected chi connectivity index (χ1v) is 8.68. The zero-order chi connectivity index (χ0) is 19.4. The number of carbonyl (C=O) groups is 1. The Hall–Kier alpha value is -3.06. The molecule has 1 atom stereocenters. The van der Waals surface area contributed by atoms with Gasteiger partial charge < -0.3 is 10.3 Å². The zero-order valence-corrected chi connectivity index (χ0v) is 15.1. The van der Waals surface area contributed by atoms with Crippen molar-refractivity contribution in [2.75, 3.05) is 5.32 Å². The summed E-state index contributed by atoms with van der Waals surface area (Å²) in [7, 11) is 0. The second kappa shape index (κ2) is 8.09. The van der Waals surface area contributed by atoms with Gasteiger partial charge in [0.25, 0.3) is 0 Å². The molecule has 0 saturated carbocycles. The van der Waals surface area contributed by atoms with Crippen LogP contribution in [-0.4, -0.2) is 22.1 Å². The summed E-state index contributed by atoms with van der Waals surface area (Å²) >= 11 is 0. The van der Waals surface area contributed by atoms with Gasteiger partial charge in [-0.1, -0.05) is 19.0 Å². The van der Waals surface area contributed by atoms with Crippen molar-refractivity contribution in [1.29, 1.82) is 0 Å². The van der Waals surface area contributed by atoms with E-state index in [1.807, 2.05) is 13.8 Å². The molecule has 0 radical (unpaired) electrons. The molecule has 0 spiro atoms. The quantitative estimate of drug-likeness (QED) is 0.689. The lowest BCUT2D eigenvalue weighted by Gasteiger charge is -2.13. The van der Waals surface area contributed by atoms with Gasteiger partial charge in [0, 0.05) is 18.0 Å². The molecule has 0 unspecified atom stereocenters. The molecule has 7 heteroatoms. The summed E-state index contributed by atoms with van der Waals surface area (Å²) in [6, 6.07) is 8.80. The number of aromatic nitrogens is 2. The van der Waals surface area contributed by atoms with E-state index < -0.39 is 6.04 Å². The Morgan fingerprint density at radius 2 is 1.81 bits per heavy atom. The average molecular weight is 368 g/mol. The van der Waals surface area contributed by atoms with Gasteiger partial charge in [0.2, 0.25) is 11.8 Å². The summed E-state index contributed by atoms with van der Waals surface area (Å²) in [4.78, 5) is 16.4. The van der Waals surface area contributed by atoms with Crippen molar-refractivity contribution in [1.82, 2.24) is 10.1 Å². The molecule has 2 aromatic heterocycles. The van der Waals surface area contributed by atoms with E-state index in [-0.39, 0.29) is 23.5 Å². The van der Waals surface area contributed by atoms with Crippen molar-refractivity contribution in [2.45, 2.75) is 26.3 Å². The van der Waals surface area contributed by atoms with Gasteiger partial charge >= 0.3 is 0 Å². The van der Waals surface area contributed by atoms with E-state index >= 15 is 0 Å². The van der Waals surface area contributed by atoms with Gasteiger partial charge in [-0.3, -0.25) is 15.1 Å². The van der Waals surface area contributed by atoms with Crippen molar-refractivity contribution in [3.63, 3.8) is 0 Å². The van der Waals surface area contributed by atoms with Gasteiger partial charge in [-0.05, 0) is 54.3 Å². The van der Waals surface area contributed by atoms with E-state index in [0.717, 1.165) is 5.56 Å². The van der Waals surface area contributed by atoms with Gasteiger partial charge in [0.05, 0.1) is 11.6 Å². The number of nitrogens with zero attached hydrogens (tertiary/aromatic N) is 2. The van der Waals surface area contributed by atoms with Gasteiger partial charge in [-0.2, -0.15) is 0 Å². The molecule has 0 saturated heterocycles. The molecule has 1 amide bonds. The van der Waals surface area contributed by atoms with Crippen LogP contribution in [0.4, 0.5) is 10.3 Å². The fourth-order valence-electron chi connectivity index (χ4n) is 2.79. The molecule has 0 aliphatic heterocycles. The lowest BCUT2D eigenvalue weighted by atomic mass is 10.0. The number of nitrogens with two attached hydrogens (primary N) is 1. The summed E-state index contributed by atoms with van der Waals surface area (Å²) in [6.07, 6.45) is 3.81. The number of rotatable bonds is 6. The smallest absolute Gasteiger partial charge is 0.243 e. The van der Waals surface area contributed by atoms with Crippen molar-refractivity contribution in [3.05, 3.63) is 54.6 Å². The van der Waals surface area contributed by atoms with Crippen LogP contribution in [0.15, 0.2) is 53.3 Å². The molecular weight excluding hydrogens is 347 g/mol. The number of hydrogen-bond donors (Lipinski definition) is 2. The predicted molar refractivity (Wildman–Crippen MR) is 101 cm³/mol. The largest absolute Gasteiger partial charge is 0.337 e.